The molecule has 1 aromatic rings. The van der Waals surface area contributed by atoms with Gasteiger partial charge in [-0.2, -0.15) is 5.26 Å². The fourth-order valence-electron chi connectivity index (χ4n) is 2.15. The number of nitrogens with one attached hydrogen (secondary N) is 1. The van der Waals surface area contributed by atoms with Crippen LogP contribution in [-0.2, 0) is 6.54 Å². The number of hydrogen-bond acceptors (Lipinski definition) is 2. The predicted molar refractivity (Wildman–Crippen MR) is 60.1 cm³/mol. The first-order valence-electron chi connectivity index (χ1n) is 5.71. The number of benzene rings is 1. The van der Waals surface area contributed by atoms with Gasteiger partial charge in [0.25, 0.3) is 0 Å². The van der Waals surface area contributed by atoms with E-state index in [0.717, 1.165) is 25.0 Å². The topological polar surface area (TPSA) is 35.8 Å². The van der Waals surface area contributed by atoms with Gasteiger partial charge in [-0.15, -0.1) is 0 Å². The summed E-state index contributed by atoms with van der Waals surface area (Å²) in [5.74, 6) is -0.606. The molecule has 4 heteroatoms. The molecule has 1 aromatic carbocycles. The summed E-state index contributed by atoms with van der Waals surface area (Å²) in [6, 6.07) is 4.23. The number of rotatable bonds is 3. The van der Waals surface area contributed by atoms with Gasteiger partial charge >= 0.3 is 0 Å². The van der Waals surface area contributed by atoms with E-state index in [2.05, 4.69) is 12.2 Å². The Kier molecular flexibility index (Phi) is 3.39. The lowest BCUT2D eigenvalue weighted by molar-refractivity contribution is 0.238. The van der Waals surface area contributed by atoms with Gasteiger partial charge in [-0.1, -0.05) is 6.92 Å². The fourth-order valence-corrected chi connectivity index (χ4v) is 2.15. The smallest absolute Gasteiger partial charge is 0.131 e. The van der Waals surface area contributed by atoms with Crippen LogP contribution in [0.1, 0.15) is 30.9 Å². The zero-order valence-electron chi connectivity index (χ0n) is 9.63. The van der Waals surface area contributed by atoms with Gasteiger partial charge in [0.2, 0.25) is 0 Å². The monoisotopic (exact) mass is 236 g/mol. The standard InChI is InChI=1S/C13H14F2N2/c1-8-2-10(3-8)17-7-11-12(14)4-9(6-16)5-13(11)15/h4-5,8,10,17H,2-3,7H2,1H3. The molecule has 0 aromatic heterocycles. The molecule has 0 atom stereocenters. The lowest BCUT2D eigenvalue weighted by atomic mass is 9.82. The summed E-state index contributed by atoms with van der Waals surface area (Å²) in [4.78, 5) is 0. The Morgan fingerprint density at radius 1 is 1.35 bits per heavy atom. The van der Waals surface area contributed by atoms with Crippen molar-refractivity contribution in [2.75, 3.05) is 0 Å². The number of nitriles is 1. The molecule has 0 spiro atoms. The predicted octanol–water partition coefficient (Wildman–Crippen LogP) is 2.72. The maximum atomic E-state index is 13.5. The summed E-state index contributed by atoms with van der Waals surface area (Å²) in [6.07, 6.45) is 2.11. The Balaban J connectivity index is 2.03. The summed E-state index contributed by atoms with van der Waals surface area (Å²) in [6.45, 7) is 2.34. The van der Waals surface area contributed by atoms with Crippen molar-refractivity contribution in [3.05, 3.63) is 34.9 Å². The molecule has 1 fully saturated rings. The van der Waals surface area contributed by atoms with E-state index in [9.17, 15) is 8.78 Å². The van der Waals surface area contributed by atoms with Crippen molar-refractivity contribution in [1.82, 2.24) is 5.32 Å². The van der Waals surface area contributed by atoms with E-state index in [4.69, 9.17) is 5.26 Å². The van der Waals surface area contributed by atoms with Gasteiger partial charge in [0.15, 0.2) is 0 Å². The minimum atomic E-state index is -0.651. The minimum Gasteiger partial charge on any atom is -0.310 e. The van der Waals surface area contributed by atoms with E-state index in [-0.39, 0.29) is 17.7 Å². The van der Waals surface area contributed by atoms with Crippen LogP contribution in [-0.4, -0.2) is 6.04 Å². The van der Waals surface area contributed by atoms with Gasteiger partial charge in [0.1, 0.15) is 11.6 Å². The second-order valence-corrected chi connectivity index (χ2v) is 4.68. The second kappa shape index (κ2) is 4.80. The van der Waals surface area contributed by atoms with Crippen molar-refractivity contribution in [3.8, 4) is 6.07 Å². The number of nitrogens with zero attached hydrogens (tertiary/aromatic N) is 1. The largest absolute Gasteiger partial charge is 0.310 e. The molecule has 0 heterocycles. The van der Waals surface area contributed by atoms with Crippen molar-refractivity contribution in [2.24, 2.45) is 5.92 Å². The molecule has 90 valence electrons. The summed E-state index contributed by atoms with van der Waals surface area (Å²) < 4.78 is 27.0. The zero-order valence-corrected chi connectivity index (χ0v) is 9.63. The van der Waals surface area contributed by atoms with E-state index in [1.54, 1.807) is 6.07 Å². The van der Waals surface area contributed by atoms with Crippen LogP contribution in [0.25, 0.3) is 0 Å². The molecular weight excluding hydrogens is 222 g/mol. The Hall–Kier alpha value is -1.47. The summed E-state index contributed by atoms with van der Waals surface area (Å²) in [7, 11) is 0. The highest BCUT2D eigenvalue weighted by Gasteiger charge is 2.25. The first-order chi connectivity index (χ1) is 8.10. The molecule has 0 radical (unpaired) electrons. The van der Waals surface area contributed by atoms with E-state index in [0.29, 0.717) is 12.0 Å². The zero-order chi connectivity index (χ0) is 12.4. The van der Waals surface area contributed by atoms with Crippen molar-refractivity contribution in [3.63, 3.8) is 0 Å². The average molecular weight is 236 g/mol. The third-order valence-electron chi connectivity index (χ3n) is 3.21. The van der Waals surface area contributed by atoms with Crippen molar-refractivity contribution < 1.29 is 8.78 Å². The van der Waals surface area contributed by atoms with Gasteiger partial charge in [-0.05, 0) is 30.9 Å². The van der Waals surface area contributed by atoms with E-state index >= 15 is 0 Å². The minimum absolute atomic E-state index is 0.0148. The first kappa shape index (κ1) is 12.0. The normalized spacial score (nSPS) is 22.9. The summed E-state index contributed by atoms with van der Waals surface area (Å²) in [5.41, 5.74) is 0.0320. The van der Waals surface area contributed by atoms with Crippen LogP contribution >= 0.6 is 0 Å². The van der Waals surface area contributed by atoms with Gasteiger partial charge in [-0.3, -0.25) is 0 Å². The first-order valence-corrected chi connectivity index (χ1v) is 5.71. The molecule has 2 nitrogen and oxygen atoms in total. The number of hydrogen-bond donors (Lipinski definition) is 1. The summed E-state index contributed by atoms with van der Waals surface area (Å²) in [5, 5.41) is 11.7. The molecule has 1 aliphatic rings. The van der Waals surface area contributed by atoms with Gasteiger partial charge in [-0.25, -0.2) is 8.78 Å². The molecule has 0 unspecified atom stereocenters. The molecule has 1 saturated carbocycles. The maximum absolute atomic E-state index is 13.5. The molecule has 0 aliphatic heterocycles. The van der Waals surface area contributed by atoms with Crippen LogP contribution in [0.2, 0.25) is 0 Å². The Morgan fingerprint density at radius 2 is 1.94 bits per heavy atom. The van der Waals surface area contributed by atoms with Crippen LogP contribution in [0.4, 0.5) is 8.78 Å². The second-order valence-electron chi connectivity index (χ2n) is 4.68. The van der Waals surface area contributed by atoms with Gasteiger partial charge < -0.3 is 5.32 Å². The average Bonchev–Trinajstić information content (AvgIpc) is 2.24. The molecule has 1 aliphatic carbocycles. The molecule has 2 rings (SSSR count). The molecular formula is C13H14F2N2. The van der Waals surface area contributed by atoms with Crippen molar-refractivity contribution in [1.29, 1.82) is 5.26 Å². The van der Waals surface area contributed by atoms with Gasteiger partial charge in [0, 0.05) is 18.2 Å². The molecule has 0 amide bonds. The van der Waals surface area contributed by atoms with Crippen LogP contribution in [0.3, 0.4) is 0 Å². The van der Waals surface area contributed by atoms with Crippen molar-refractivity contribution in [2.45, 2.75) is 32.4 Å². The molecule has 0 saturated heterocycles. The van der Waals surface area contributed by atoms with Crippen molar-refractivity contribution >= 4 is 0 Å². The highest BCUT2D eigenvalue weighted by Crippen LogP contribution is 2.27. The Labute approximate surface area is 99.3 Å². The lowest BCUT2D eigenvalue weighted by Gasteiger charge is -2.33. The highest BCUT2D eigenvalue weighted by molar-refractivity contribution is 5.34. The van der Waals surface area contributed by atoms with Crippen LogP contribution in [0.15, 0.2) is 12.1 Å². The van der Waals surface area contributed by atoms with E-state index < -0.39 is 11.6 Å². The third kappa shape index (κ3) is 2.62. The third-order valence-corrected chi connectivity index (χ3v) is 3.21. The number of halogens is 2. The molecule has 0 bridgehead atoms. The fraction of sp³-hybridized carbons (Fsp3) is 0.462. The molecule has 17 heavy (non-hydrogen) atoms. The van der Waals surface area contributed by atoms with Crippen LogP contribution in [0.5, 0.6) is 0 Å². The SMILES string of the molecule is CC1CC(NCc2c(F)cc(C#N)cc2F)C1. The highest BCUT2D eigenvalue weighted by atomic mass is 19.1. The summed E-state index contributed by atoms with van der Waals surface area (Å²) >= 11 is 0. The quantitative estimate of drug-likeness (QED) is 0.875. The molecule has 1 N–H and O–H groups in total. The van der Waals surface area contributed by atoms with E-state index in [1.165, 1.54) is 0 Å². The van der Waals surface area contributed by atoms with Gasteiger partial charge in [0.05, 0.1) is 11.6 Å². The Morgan fingerprint density at radius 3 is 2.41 bits per heavy atom. The van der Waals surface area contributed by atoms with E-state index in [1.807, 2.05) is 0 Å². The maximum Gasteiger partial charge on any atom is 0.131 e. The van der Waals surface area contributed by atoms with Crippen LogP contribution < -0.4 is 5.32 Å². The Bertz CT molecular complexity index is 436. The lowest BCUT2D eigenvalue weighted by Crippen LogP contribution is -2.39. The van der Waals surface area contributed by atoms with Crippen LogP contribution in [0, 0.1) is 28.9 Å².